The van der Waals surface area contributed by atoms with Crippen molar-refractivity contribution in [3.8, 4) is 0 Å². The highest BCUT2D eigenvalue weighted by Crippen LogP contribution is 2.41. The van der Waals surface area contributed by atoms with Gasteiger partial charge in [-0.15, -0.1) is 11.3 Å². The van der Waals surface area contributed by atoms with Crippen LogP contribution < -0.4 is 0 Å². The predicted octanol–water partition coefficient (Wildman–Crippen LogP) is 5.19. The Morgan fingerprint density at radius 1 is 1.21 bits per heavy atom. The van der Waals surface area contributed by atoms with E-state index in [0.29, 0.717) is 25.2 Å². The third kappa shape index (κ3) is 4.10. The van der Waals surface area contributed by atoms with Gasteiger partial charge in [0.15, 0.2) is 0 Å². The molecular weight excluding hydrogens is 326 g/mol. The van der Waals surface area contributed by atoms with Gasteiger partial charge in [-0.05, 0) is 70.0 Å². The van der Waals surface area contributed by atoms with Crippen LogP contribution in [0, 0.1) is 6.92 Å². The molecule has 1 aliphatic heterocycles. The summed E-state index contributed by atoms with van der Waals surface area (Å²) < 4.78 is 32.6. The van der Waals surface area contributed by atoms with E-state index in [-0.39, 0.29) is 5.73 Å². The van der Waals surface area contributed by atoms with Crippen molar-refractivity contribution in [2.45, 2.75) is 65.6 Å². The Bertz CT molecular complexity index is 579. The van der Waals surface area contributed by atoms with E-state index in [1.807, 2.05) is 46.1 Å². The third-order valence-electron chi connectivity index (χ3n) is 4.73. The summed E-state index contributed by atoms with van der Waals surface area (Å²) in [5.41, 5.74) is 0.265. The first-order valence-corrected chi connectivity index (χ1v) is 9.44. The van der Waals surface area contributed by atoms with Crippen molar-refractivity contribution in [3.05, 3.63) is 27.6 Å². The normalized spacial score (nSPS) is 20.4. The first-order valence-electron chi connectivity index (χ1n) is 8.56. The van der Waals surface area contributed by atoms with Gasteiger partial charge in [0.2, 0.25) is 0 Å². The van der Waals surface area contributed by atoms with Crippen molar-refractivity contribution in [3.63, 3.8) is 0 Å². The lowest BCUT2D eigenvalue weighted by Crippen LogP contribution is -2.41. The zero-order chi connectivity index (χ0) is 18.0. The van der Waals surface area contributed by atoms with E-state index in [0.717, 1.165) is 16.9 Å². The van der Waals surface area contributed by atoms with Crippen LogP contribution in [0.4, 0.5) is 4.39 Å². The summed E-state index contributed by atoms with van der Waals surface area (Å²) in [6.07, 6.45) is 1.47. The highest BCUT2D eigenvalue weighted by Gasteiger charge is 2.53. The molecule has 0 aromatic carbocycles. The highest BCUT2D eigenvalue weighted by molar-refractivity contribution is 7.11. The molecular formula is C18H28BFO3S. The number of thiophene rings is 1. The first kappa shape index (κ1) is 19.6. The number of ether oxygens (including phenoxy) is 1. The van der Waals surface area contributed by atoms with Gasteiger partial charge in [-0.3, -0.25) is 0 Å². The molecule has 2 heterocycles. The Kier molecular flexibility index (Phi) is 6.29. The highest BCUT2D eigenvalue weighted by atomic mass is 32.1. The molecule has 3 nitrogen and oxygen atoms in total. The second kappa shape index (κ2) is 7.69. The molecule has 1 aliphatic rings. The molecule has 1 aromatic heterocycles. The molecule has 0 amide bonds. The molecule has 0 spiro atoms. The molecule has 0 radical (unpaired) electrons. The van der Waals surface area contributed by atoms with Crippen molar-refractivity contribution in [2.24, 2.45) is 0 Å². The summed E-state index contributed by atoms with van der Waals surface area (Å²) in [6, 6.07) is 2.00. The molecule has 1 aromatic rings. The minimum absolute atomic E-state index is 0.334. The standard InChI is InChI=1S/C18H28BFO3S/c1-7-10-21-11-8-14(15-13(2)9-12-24-15)16(20)19-22-17(3,4)18(5,6)23-19/h9,12H,7-8,10-11H2,1-6H3. The first-order chi connectivity index (χ1) is 11.2. The van der Waals surface area contributed by atoms with Gasteiger partial charge in [0, 0.05) is 11.5 Å². The SMILES string of the molecule is CCCOCCC(=C(F)B1OC(C)(C)C(C)(C)O1)c1sccc1C. The zero-order valence-corrected chi connectivity index (χ0v) is 16.4. The number of rotatable bonds is 7. The summed E-state index contributed by atoms with van der Waals surface area (Å²) in [5, 5.41) is 1.98. The molecule has 6 heteroatoms. The quantitative estimate of drug-likeness (QED) is 0.498. The molecule has 24 heavy (non-hydrogen) atoms. The van der Waals surface area contributed by atoms with Crippen LogP contribution in [0.5, 0.6) is 0 Å². The van der Waals surface area contributed by atoms with Crippen LogP contribution in [0.1, 0.15) is 57.9 Å². The lowest BCUT2D eigenvalue weighted by molar-refractivity contribution is 0.00578. The molecule has 0 aliphatic carbocycles. The van der Waals surface area contributed by atoms with E-state index < -0.39 is 18.3 Å². The number of hydrogen-bond acceptors (Lipinski definition) is 4. The van der Waals surface area contributed by atoms with Gasteiger partial charge in [-0.1, -0.05) is 6.92 Å². The van der Waals surface area contributed by atoms with Crippen LogP contribution in [-0.2, 0) is 14.0 Å². The van der Waals surface area contributed by atoms with E-state index in [9.17, 15) is 0 Å². The lowest BCUT2D eigenvalue weighted by Gasteiger charge is -2.32. The summed E-state index contributed by atoms with van der Waals surface area (Å²) in [7, 11) is -0.960. The summed E-state index contributed by atoms with van der Waals surface area (Å²) in [6.45, 7) is 13.0. The monoisotopic (exact) mass is 354 g/mol. The van der Waals surface area contributed by atoms with Gasteiger partial charge in [0.05, 0.1) is 17.8 Å². The molecule has 0 unspecified atom stereocenters. The van der Waals surface area contributed by atoms with E-state index in [1.165, 1.54) is 0 Å². The molecule has 1 fully saturated rings. The van der Waals surface area contributed by atoms with Crippen LogP contribution in [0.15, 0.2) is 17.2 Å². The van der Waals surface area contributed by atoms with Gasteiger partial charge < -0.3 is 14.0 Å². The lowest BCUT2D eigenvalue weighted by atomic mass is 9.83. The van der Waals surface area contributed by atoms with Crippen LogP contribution in [0.3, 0.4) is 0 Å². The van der Waals surface area contributed by atoms with Gasteiger partial charge >= 0.3 is 7.12 Å². The van der Waals surface area contributed by atoms with E-state index in [4.69, 9.17) is 14.0 Å². The molecule has 134 valence electrons. The van der Waals surface area contributed by atoms with E-state index in [2.05, 4.69) is 6.92 Å². The Morgan fingerprint density at radius 2 is 1.83 bits per heavy atom. The second-order valence-corrected chi connectivity index (χ2v) is 8.13. The largest absolute Gasteiger partial charge is 0.525 e. The third-order valence-corrected chi connectivity index (χ3v) is 5.81. The fourth-order valence-electron chi connectivity index (χ4n) is 2.53. The Balaban J connectivity index is 2.28. The number of hydrogen-bond donors (Lipinski definition) is 0. The Morgan fingerprint density at radius 3 is 2.33 bits per heavy atom. The van der Waals surface area contributed by atoms with E-state index >= 15 is 4.39 Å². The predicted molar refractivity (Wildman–Crippen MR) is 98.9 cm³/mol. The summed E-state index contributed by atoms with van der Waals surface area (Å²) in [4.78, 5) is 0.947. The van der Waals surface area contributed by atoms with Gasteiger partial charge in [-0.2, -0.15) is 0 Å². The van der Waals surface area contributed by atoms with Crippen LogP contribution in [-0.4, -0.2) is 31.5 Å². The average molecular weight is 354 g/mol. The van der Waals surface area contributed by atoms with Gasteiger partial charge in [-0.25, -0.2) is 4.39 Å². The van der Waals surface area contributed by atoms with Crippen molar-refractivity contribution in [2.75, 3.05) is 13.2 Å². The van der Waals surface area contributed by atoms with Crippen LogP contribution in [0.25, 0.3) is 5.57 Å². The van der Waals surface area contributed by atoms with Gasteiger partial charge in [0.1, 0.15) is 5.73 Å². The zero-order valence-electron chi connectivity index (χ0n) is 15.6. The molecule has 0 atom stereocenters. The maximum absolute atomic E-state index is 15.3. The Labute approximate surface area is 149 Å². The molecule has 1 saturated heterocycles. The fourth-order valence-corrected chi connectivity index (χ4v) is 3.54. The van der Waals surface area contributed by atoms with Crippen molar-refractivity contribution in [1.29, 1.82) is 0 Å². The topological polar surface area (TPSA) is 27.7 Å². The molecule has 2 rings (SSSR count). The van der Waals surface area contributed by atoms with Crippen LogP contribution >= 0.6 is 11.3 Å². The van der Waals surface area contributed by atoms with Crippen molar-refractivity contribution in [1.82, 2.24) is 0 Å². The number of halogens is 1. The minimum atomic E-state index is -0.960. The maximum Gasteiger partial charge on any atom is 0.525 e. The summed E-state index contributed by atoms with van der Waals surface area (Å²) in [5.74, 6) is 0. The smallest absolute Gasteiger partial charge is 0.398 e. The molecule has 0 N–H and O–H groups in total. The van der Waals surface area contributed by atoms with Crippen molar-refractivity contribution < 1.29 is 18.4 Å². The Hall–Kier alpha value is -0.685. The summed E-state index contributed by atoms with van der Waals surface area (Å²) >= 11 is 1.54. The molecule has 0 saturated carbocycles. The minimum Gasteiger partial charge on any atom is -0.398 e. The second-order valence-electron chi connectivity index (χ2n) is 7.21. The van der Waals surface area contributed by atoms with Crippen LogP contribution in [0.2, 0.25) is 0 Å². The molecule has 0 bridgehead atoms. The fraction of sp³-hybridized carbons (Fsp3) is 0.667. The van der Waals surface area contributed by atoms with Gasteiger partial charge in [0.25, 0.3) is 0 Å². The van der Waals surface area contributed by atoms with E-state index in [1.54, 1.807) is 11.3 Å². The van der Waals surface area contributed by atoms with Crippen molar-refractivity contribution >= 4 is 24.0 Å². The maximum atomic E-state index is 15.3. The average Bonchev–Trinajstić information content (AvgIpc) is 3.00. The number of aryl methyl sites for hydroxylation is 1.